The Balaban J connectivity index is 2.24. The molecule has 4 N–H and O–H groups in total. The minimum absolute atomic E-state index is 0.775. The lowest BCUT2D eigenvalue weighted by molar-refractivity contribution is 1.34. The summed E-state index contributed by atoms with van der Waals surface area (Å²) >= 11 is 0. The van der Waals surface area contributed by atoms with Gasteiger partial charge in [0.1, 0.15) is 0 Å². The zero-order valence-corrected chi connectivity index (χ0v) is 12.9. The fourth-order valence-corrected chi connectivity index (χ4v) is 2.76. The SMILES string of the molecule is Cc1c(-c2ccc(N)cc2)cc(-c2ccccc2)c(N)c1C. The minimum Gasteiger partial charge on any atom is -0.399 e. The number of benzene rings is 3. The molecule has 0 saturated heterocycles. The van der Waals surface area contributed by atoms with Crippen molar-refractivity contribution < 1.29 is 0 Å². The largest absolute Gasteiger partial charge is 0.399 e. The van der Waals surface area contributed by atoms with E-state index in [4.69, 9.17) is 11.5 Å². The van der Waals surface area contributed by atoms with Crippen LogP contribution in [0.2, 0.25) is 0 Å². The maximum Gasteiger partial charge on any atom is 0.0426 e. The molecule has 2 nitrogen and oxygen atoms in total. The molecule has 0 aliphatic carbocycles. The molecular formula is C20H20N2. The average molecular weight is 288 g/mol. The molecule has 0 heterocycles. The van der Waals surface area contributed by atoms with Gasteiger partial charge in [0.2, 0.25) is 0 Å². The van der Waals surface area contributed by atoms with Crippen molar-refractivity contribution in [2.24, 2.45) is 0 Å². The molecular weight excluding hydrogens is 268 g/mol. The predicted octanol–water partition coefficient (Wildman–Crippen LogP) is 4.80. The van der Waals surface area contributed by atoms with Crippen LogP contribution in [-0.2, 0) is 0 Å². The Bertz CT molecular complexity index is 803. The summed E-state index contributed by atoms with van der Waals surface area (Å²) in [6, 6.07) is 20.4. The second kappa shape index (κ2) is 5.57. The first-order chi connectivity index (χ1) is 10.6. The van der Waals surface area contributed by atoms with Gasteiger partial charge in [-0.1, -0.05) is 42.5 Å². The Morgan fingerprint density at radius 2 is 1.23 bits per heavy atom. The molecule has 0 aromatic heterocycles. The van der Waals surface area contributed by atoms with Gasteiger partial charge in [0.05, 0.1) is 0 Å². The molecule has 3 aromatic carbocycles. The van der Waals surface area contributed by atoms with Gasteiger partial charge in [-0.3, -0.25) is 0 Å². The Labute approximate surface area is 131 Å². The number of nitrogen functional groups attached to an aromatic ring is 2. The van der Waals surface area contributed by atoms with Crippen molar-refractivity contribution in [3.8, 4) is 22.3 Å². The van der Waals surface area contributed by atoms with Crippen LogP contribution in [0.5, 0.6) is 0 Å². The normalized spacial score (nSPS) is 10.6. The summed E-state index contributed by atoms with van der Waals surface area (Å²) in [5.41, 5.74) is 20.7. The van der Waals surface area contributed by atoms with Gasteiger partial charge in [-0.2, -0.15) is 0 Å². The van der Waals surface area contributed by atoms with Crippen molar-refractivity contribution in [3.63, 3.8) is 0 Å². The molecule has 0 spiro atoms. The van der Waals surface area contributed by atoms with Crippen LogP contribution in [0.1, 0.15) is 11.1 Å². The molecule has 110 valence electrons. The average Bonchev–Trinajstić information content (AvgIpc) is 2.55. The standard InChI is InChI=1S/C20H20N2/c1-13-14(2)20(22)19(15-6-4-3-5-7-15)12-18(13)16-8-10-17(21)11-9-16/h3-12H,21-22H2,1-2H3. The smallest absolute Gasteiger partial charge is 0.0426 e. The van der Waals surface area contributed by atoms with Crippen molar-refractivity contribution in [1.82, 2.24) is 0 Å². The molecule has 0 aliphatic rings. The third-order valence-corrected chi connectivity index (χ3v) is 4.26. The van der Waals surface area contributed by atoms with Crippen LogP contribution in [0.3, 0.4) is 0 Å². The summed E-state index contributed by atoms with van der Waals surface area (Å²) in [5, 5.41) is 0. The summed E-state index contributed by atoms with van der Waals surface area (Å²) in [6.45, 7) is 4.20. The van der Waals surface area contributed by atoms with Gasteiger partial charge in [-0.25, -0.2) is 0 Å². The van der Waals surface area contributed by atoms with E-state index in [0.29, 0.717) is 0 Å². The topological polar surface area (TPSA) is 52.0 Å². The molecule has 22 heavy (non-hydrogen) atoms. The summed E-state index contributed by atoms with van der Waals surface area (Å²) in [6.07, 6.45) is 0. The fourth-order valence-electron chi connectivity index (χ4n) is 2.76. The Morgan fingerprint density at radius 1 is 0.636 bits per heavy atom. The lowest BCUT2D eigenvalue weighted by Crippen LogP contribution is -1.99. The van der Waals surface area contributed by atoms with E-state index in [1.54, 1.807) is 0 Å². The fraction of sp³-hybridized carbons (Fsp3) is 0.100. The molecule has 0 saturated carbocycles. The summed E-state index contributed by atoms with van der Waals surface area (Å²) in [4.78, 5) is 0. The van der Waals surface area contributed by atoms with Crippen LogP contribution in [0.15, 0.2) is 60.7 Å². The van der Waals surface area contributed by atoms with Crippen LogP contribution in [0.4, 0.5) is 11.4 Å². The molecule has 3 rings (SSSR count). The van der Waals surface area contributed by atoms with Gasteiger partial charge in [0.25, 0.3) is 0 Å². The van der Waals surface area contributed by atoms with E-state index in [2.05, 4.69) is 44.2 Å². The van der Waals surface area contributed by atoms with Crippen molar-refractivity contribution in [2.45, 2.75) is 13.8 Å². The van der Waals surface area contributed by atoms with Gasteiger partial charge >= 0.3 is 0 Å². The van der Waals surface area contributed by atoms with Crippen molar-refractivity contribution >= 4 is 11.4 Å². The summed E-state index contributed by atoms with van der Waals surface area (Å²) in [5.74, 6) is 0. The van der Waals surface area contributed by atoms with Crippen molar-refractivity contribution in [3.05, 3.63) is 71.8 Å². The molecule has 0 fully saturated rings. The highest BCUT2D eigenvalue weighted by Crippen LogP contribution is 2.37. The van der Waals surface area contributed by atoms with Gasteiger partial charge in [0, 0.05) is 16.9 Å². The molecule has 0 unspecified atom stereocenters. The van der Waals surface area contributed by atoms with E-state index in [9.17, 15) is 0 Å². The zero-order chi connectivity index (χ0) is 15.7. The first-order valence-electron chi connectivity index (χ1n) is 7.39. The number of rotatable bonds is 2. The zero-order valence-electron chi connectivity index (χ0n) is 12.9. The van der Waals surface area contributed by atoms with Gasteiger partial charge in [0.15, 0.2) is 0 Å². The van der Waals surface area contributed by atoms with Crippen molar-refractivity contribution in [2.75, 3.05) is 11.5 Å². The van der Waals surface area contributed by atoms with Gasteiger partial charge in [-0.05, 0) is 59.9 Å². The summed E-state index contributed by atoms with van der Waals surface area (Å²) < 4.78 is 0. The Hall–Kier alpha value is -2.74. The number of hydrogen-bond donors (Lipinski definition) is 2. The molecule has 0 radical (unpaired) electrons. The molecule has 0 bridgehead atoms. The molecule has 0 amide bonds. The van der Waals surface area contributed by atoms with E-state index in [1.807, 2.05) is 30.3 Å². The predicted molar refractivity (Wildman–Crippen MR) is 95.6 cm³/mol. The lowest BCUT2D eigenvalue weighted by atomic mass is 9.90. The van der Waals surface area contributed by atoms with Gasteiger partial charge < -0.3 is 11.5 Å². The highest BCUT2D eigenvalue weighted by molar-refractivity contribution is 5.86. The van der Waals surface area contributed by atoms with E-state index in [1.165, 1.54) is 11.1 Å². The van der Waals surface area contributed by atoms with E-state index in [0.717, 1.165) is 33.6 Å². The van der Waals surface area contributed by atoms with Crippen LogP contribution >= 0.6 is 0 Å². The quantitative estimate of drug-likeness (QED) is 0.665. The van der Waals surface area contributed by atoms with E-state index >= 15 is 0 Å². The van der Waals surface area contributed by atoms with Crippen molar-refractivity contribution in [1.29, 1.82) is 0 Å². The minimum atomic E-state index is 0.775. The third kappa shape index (κ3) is 2.44. The maximum absolute atomic E-state index is 6.37. The van der Waals surface area contributed by atoms with Crippen LogP contribution in [-0.4, -0.2) is 0 Å². The van der Waals surface area contributed by atoms with Crippen LogP contribution < -0.4 is 11.5 Å². The third-order valence-electron chi connectivity index (χ3n) is 4.26. The highest BCUT2D eigenvalue weighted by Gasteiger charge is 2.13. The Morgan fingerprint density at radius 3 is 1.86 bits per heavy atom. The van der Waals surface area contributed by atoms with E-state index in [-0.39, 0.29) is 0 Å². The molecule has 0 atom stereocenters. The van der Waals surface area contributed by atoms with Crippen LogP contribution in [0, 0.1) is 13.8 Å². The second-order valence-corrected chi connectivity index (χ2v) is 5.62. The molecule has 0 aliphatic heterocycles. The summed E-state index contributed by atoms with van der Waals surface area (Å²) in [7, 11) is 0. The number of hydrogen-bond acceptors (Lipinski definition) is 2. The second-order valence-electron chi connectivity index (χ2n) is 5.62. The molecule has 3 aromatic rings. The maximum atomic E-state index is 6.37. The number of nitrogens with two attached hydrogens (primary N) is 2. The Kier molecular flexibility index (Phi) is 3.60. The number of anilines is 2. The first kappa shape index (κ1) is 14.2. The monoisotopic (exact) mass is 288 g/mol. The highest BCUT2D eigenvalue weighted by atomic mass is 14.6. The lowest BCUT2D eigenvalue weighted by Gasteiger charge is -2.16. The van der Waals surface area contributed by atoms with Crippen LogP contribution in [0.25, 0.3) is 22.3 Å². The van der Waals surface area contributed by atoms with E-state index < -0.39 is 0 Å². The van der Waals surface area contributed by atoms with Gasteiger partial charge in [-0.15, -0.1) is 0 Å². The molecule has 2 heteroatoms. The first-order valence-corrected chi connectivity index (χ1v) is 7.39.